The van der Waals surface area contributed by atoms with Gasteiger partial charge in [0.1, 0.15) is 12.4 Å². The summed E-state index contributed by atoms with van der Waals surface area (Å²) in [5.41, 5.74) is 2.59. The molecule has 4 nitrogen and oxygen atoms in total. The summed E-state index contributed by atoms with van der Waals surface area (Å²) in [6, 6.07) is 14.8. The minimum atomic E-state index is -0.126. The number of anilines is 1. The lowest BCUT2D eigenvalue weighted by Gasteiger charge is -2.10. The van der Waals surface area contributed by atoms with Crippen molar-refractivity contribution in [2.24, 2.45) is 0 Å². The van der Waals surface area contributed by atoms with Gasteiger partial charge in [0.15, 0.2) is 0 Å². The smallest absolute Gasteiger partial charge is 0.238 e. The molecular formula is C19H21ClN2O2. The van der Waals surface area contributed by atoms with Crippen molar-refractivity contribution in [3.8, 4) is 5.75 Å². The summed E-state index contributed by atoms with van der Waals surface area (Å²) in [7, 11) is 0. The first-order valence-electron chi connectivity index (χ1n) is 7.66. The number of carbonyl (C=O) groups excluding carboxylic acids is 1. The number of benzene rings is 2. The number of rotatable bonds is 8. The van der Waals surface area contributed by atoms with E-state index in [-0.39, 0.29) is 12.5 Å². The topological polar surface area (TPSA) is 50.4 Å². The highest BCUT2D eigenvalue weighted by molar-refractivity contribution is 6.31. The van der Waals surface area contributed by atoms with Gasteiger partial charge in [-0.1, -0.05) is 42.4 Å². The van der Waals surface area contributed by atoms with Crippen LogP contribution in [0.1, 0.15) is 12.5 Å². The molecule has 5 heteroatoms. The van der Waals surface area contributed by atoms with Gasteiger partial charge in [0, 0.05) is 23.3 Å². The van der Waals surface area contributed by atoms with Crippen molar-refractivity contribution in [1.29, 1.82) is 0 Å². The van der Waals surface area contributed by atoms with Gasteiger partial charge in [-0.2, -0.15) is 0 Å². The monoisotopic (exact) mass is 344 g/mol. The molecule has 0 fully saturated rings. The molecule has 2 rings (SSSR count). The highest BCUT2D eigenvalue weighted by Crippen LogP contribution is 2.18. The molecule has 126 valence electrons. The van der Waals surface area contributed by atoms with E-state index in [1.165, 1.54) is 0 Å². The maximum atomic E-state index is 12.0. The lowest BCUT2D eigenvalue weighted by Crippen LogP contribution is -2.27. The minimum absolute atomic E-state index is 0.126. The molecule has 0 heterocycles. The van der Waals surface area contributed by atoms with Crippen molar-refractivity contribution in [1.82, 2.24) is 5.32 Å². The summed E-state index contributed by atoms with van der Waals surface area (Å²) < 4.78 is 5.56. The van der Waals surface area contributed by atoms with Crippen LogP contribution in [-0.4, -0.2) is 19.1 Å². The van der Waals surface area contributed by atoms with Gasteiger partial charge < -0.3 is 15.4 Å². The first-order chi connectivity index (χ1) is 11.5. The number of nitrogens with one attached hydrogen (secondary N) is 2. The number of carbonyl (C=O) groups is 1. The highest BCUT2D eigenvalue weighted by atomic mass is 35.5. The van der Waals surface area contributed by atoms with Crippen LogP contribution in [0.25, 0.3) is 0 Å². The molecule has 0 atom stereocenters. The molecule has 2 aromatic carbocycles. The van der Waals surface area contributed by atoms with Crippen LogP contribution >= 0.6 is 11.6 Å². The zero-order valence-corrected chi connectivity index (χ0v) is 14.4. The van der Waals surface area contributed by atoms with Crippen LogP contribution in [0.2, 0.25) is 5.02 Å². The first-order valence-corrected chi connectivity index (χ1v) is 8.03. The van der Waals surface area contributed by atoms with Crippen molar-refractivity contribution in [3.05, 3.63) is 71.3 Å². The van der Waals surface area contributed by atoms with Crippen LogP contribution in [0, 0.1) is 0 Å². The maximum Gasteiger partial charge on any atom is 0.238 e. The Morgan fingerprint density at radius 3 is 2.75 bits per heavy atom. The SMILES string of the molecule is C=C(C)COc1cccc(NC(=O)CNCc2ccccc2Cl)c1. The molecule has 0 aliphatic rings. The van der Waals surface area contributed by atoms with Gasteiger partial charge in [0.2, 0.25) is 5.91 Å². The van der Waals surface area contributed by atoms with E-state index in [1.807, 2.05) is 49.4 Å². The fourth-order valence-corrected chi connectivity index (χ4v) is 2.23. The van der Waals surface area contributed by atoms with Crippen molar-refractivity contribution in [2.75, 3.05) is 18.5 Å². The second-order valence-electron chi connectivity index (χ2n) is 5.52. The largest absolute Gasteiger partial charge is 0.489 e. The predicted octanol–water partition coefficient (Wildman–Crippen LogP) is 4.02. The van der Waals surface area contributed by atoms with Crippen LogP contribution in [-0.2, 0) is 11.3 Å². The Kier molecular flexibility index (Phi) is 6.85. The second kappa shape index (κ2) is 9.11. The lowest BCUT2D eigenvalue weighted by molar-refractivity contribution is -0.115. The molecule has 2 aromatic rings. The van der Waals surface area contributed by atoms with E-state index < -0.39 is 0 Å². The predicted molar refractivity (Wildman–Crippen MR) is 98.5 cm³/mol. The van der Waals surface area contributed by atoms with Crippen LogP contribution in [0.5, 0.6) is 5.75 Å². The van der Waals surface area contributed by atoms with Crippen LogP contribution in [0.15, 0.2) is 60.7 Å². The summed E-state index contributed by atoms with van der Waals surface area (Å²) in [6.45, 7) is 6.88. The molecular weight excluding hydrogens is 324 g/mol. The van der Waals surface area contributed by atoms with E-state index in [2.05, 4.69) is 17.2 Å². The summed E-state index contributed by atoms with van der Waals surface area (Å²) in [4.78, 5) is 12.0. The Balaban J connectivity index is 1.81. The third-order valence-corrected chi connectivity index (χ3v) is 3.53. The van der Waals surface area contributed by atoms with Crippen molar-refractivity contribution in [3.63, 3.8) is 0 Å². The number of hydrogen-bond acceptors (Lipinski definition) is 3. The lowest BCUT2D eigenvalue weighted by atomic mass is 10.2. The van der Waals surface area contributed by atoms with E-state index >= 15 is 0 Å². The zero-order chi connectivity index (χ0) is 17.4. The maximum absolute atomic E-state index is 12.0. The Labute approximate surface area is 147 Å². The van der Waals surface area contributed by atoms with Gasteiger partial charge in [-0.15, -0.1) is 0 Å². The molecule has 0 saturated heterocycles. The van der Waals surface area contributed by atoms with Gasteiger partial charge in [-0.05, 0) is 36.3 Å². The van der Waals surface area contributed by atoms with Crippen molar-refractivity contribution in [2.45, 2.75) is 13.5 Å². The Bertz CT molecular complexity index is 716. The zero-order valence-electron chi connectivity index (χ0n) is 13.6. The van der Waals surface area contributed by atoms with Crippen LogP contribution < -0.4 is 15.4 Å². The molecule has 1 amide bonds. The van der Waals surface area contributed by atoms with E-state index in [1.54, 1.807) is 6.07 Å². The molecule has 0 aromatic heterocycles. The van der Waals surface area contributed by atoms with Gasteiger partial charge in [0.25, 0.3) is 0 Å². The quantitative estimate of drug-likeness (QED) is 0.711. The Morgan fingerprint density at radius 1 is 1.21 bits per heavy atom. The molecule has 0 bridgehead atoms. The van der Waals surface area contributed by atoms with Crippen molar-refractivity contribution >= 4 is 23.2 Å². The summed E-state index contributed by atoms with van der Waals surface area (Å²) in [6.07, 6.45) is 0. The van der Waals surface area contributed by atoms with E-state index in [9.17, 15) is 4.79 Å². The average Bonchev–Trinajstić information content (AvgIpc) is 2.55. The van der Waals surface area contributed by atoms with Crippen LogP contribution in [0.4, 0.5) is 5.69 Å². The molecule has 24 heavy (non-hydrogen) atoms. The third kappa shape index (κ3) is 6.07. The normalized spacial score (nSPS) is 10.2. The molecule has 0 aliphatic heterocycles. The Hall–Kier alpha value is -2.30. The van der Waals surface area contributed by atoms with E-state index in [4.69, 9.17) is 16.3 Å². The molecule has 2 N–H and O–H groups in total. The van der Waals surface area contributed by atoms with E-state index in [0.29, 0.717) is 29.6 Å². The standard InChI is InChI=1S/C19H21ClN2O2/c1-14(2)13-24-17-8-5-7-16(10-17)22-19(23)12-21-11-15-6-3-4-9-18(15)20/h3-10,21H,1,11-13H2,2H3,(H,22,23). The number of halogens is 1. The number of amides is 1. The van der Waals surface area contributed by atoms with Gasteiger partial charge in [-0.3, -0.25) is 4.79 Å². The highest BCUT2D eigenvalue weighted by Gasteiger charge is 2.04. The van der Waals surface area contributed by atoms with Crippen molar-refractivity contribution < 1.29 is 9.53 Å². The van der Waals surface area contributed by atoms with Gasteiger partial charge >= 0.3 is 0 Å². The molecule has 0 aliphatic carbocycles. The number of hydrogen-bond donors (Lipinski definition) is 2. The fourth-order valence-electron chi connectivity index (χ4n) is 2.03. The third-order valence-electron chi connectivity index (χ3n) is 3.16. The first kappa shape index (κ1) is 18.0. The molecule has 0 spiro atoms. The van der Waals surface area contributed by atoms with Crippen LogP contribution in [0.3, 0.4) is 0 Å². The van der Waals surface area contributed by atoms with E-state index in [0.717, 1.165) is 11.1 Å². The fraction of sp³-hybridized carbons (Fsp3) is 0.211. The average molecular weight is 345 g/mol. The molecule has 0 unspecified atom stereocenters. The van der Waals surface area contributed by atoms with Gasteiger partial charge in [-0.25, -0.2) is 0 Å². The number of ether oxygens (including phenoxy) is 1. The van der Waals surface area contributed by atoms with Gasteiger partial charge in [0.05, 0.1) is 6.54 Å². The Morgan fingerprint density at radius 2 is 2.00 bits per heavy atom. The summed E-state index contributed by atoms with van der Waals surface area (Å²) in [5, 5.41) is 6.60. The molecule has 0 radical (unpaired) electrons. The molecule has 0 saturated carbocycles. The minimum Gasteiger partial charge on any atom is -0.489 e. The summed E-state index contributed by atoms with van der Waals surface area (Å²) >= 11 is 6.08. The summed E-state index contributed by atoms with van der Waals surface area (Å²) in [5.74, 6) is 0.568. The second-order valence-corrected chi connectivity index (χ2v) is 5.92.